The number of carboxylic acids is 1. The van der Waals surface area contributed by atoms with E-state index < -0.39 is 47.9 Å². The number of phenolic OH excluding ortho intramolecular Hbond substituents is 1. The van der Waals surface area contributed by atoms with Crippen LogP contribution in [0, 0.1) is 0 Å². The first-order valence-corrected chi connectivity index (χ1v) is 16.0. The molecule has 1 fully saturated rings. The first-order chi connectivity index (χ1) is 23.2. The number of rotatable bonds is 12. The molecule has 3 aromatic carbocycles. The van der Waals surface area contributed by atoms with Crippen LogP contribution in [0.15, 0.2) is 85.2 Å². The van der Waals surface area contributed by atoms with Gasteiger partial charge in [0.15, 0.2) is 0 Å². The monoisotopic (exact) mass is 650 g/mol. The normalized spacial score (nSPS) is 16.4. The number of aromatic nitrogens is 2. The Hall–Kier alpha value is -5.62. The molecule has 248 valence electrons. The average molecular weight is 651 g/mol. The smallest absolute Gasteiger partial charge is 0.326 e. The molecule has 12 nitrogen and oxygen atoms in total. The molecule has 4 atom stereocenters. The van der Waals surface area contributed by atoms with Crippen LogP contribution in [0.1, 0.15) is 29.5 Å². The van der Waals surface area contributed by atoms with Gasteiger partial charge in [-0.2, -0.15) is 0 Å². The zero-order valence-corrected chi connectivity index (χ0v) is 26.2. The molecule has 0 spiro atoms. The van der Waals surface area contributed by atoms with Crippen molar-refractivity contribution in [2.24, 2.45) is 5.73 Å². The topological polar surface area (TPSA) is 194 Å². The quantitative estimate of drug-likeness (QED) is 0.108. The summed E-state index contributed by atoms with van der Waals surface area (Å²) in [5.74, 6) is -2.71. The van der Waals surface area contributed by atoms with Gasteiger partial charge in [0.25, 0.3) is 0 Å². The zero-order valence-electron chi connectivity index (χ0n) is 26.2. The van der Waals surface area contributed by atoms with Gasteiger partial charge < -0.3 is 41.4 Å². The lowest BCUT2D eigenvalue weighted by molar-refractivity contribution is -0.144. The molecule has 0 bridgehead atoms. The molecule has 6 rings (SSSR count). The Morgan fingerprint density at radius 3 is 2.04 bits per heavy atom. The first kappa shape index (κ1) is 32.3. The molecular weight excluding hydrogens is 612 g/mol. The van der Waals surface area contributed by atoms with Crippen molar-refractivity contribution in [1.82, 2.24) is 25.5 Å². The number of nitrogens with zero attached hydrogens (tertiary/aromatic N) is 1. The SMILES string of the molecule is NC(Cc1c[nH]c2ccccc12)C(=O)NC(Cc1c[nH]c2ccccc12)C(=O)N1CCCC1C(=O)NC(Cc1ccc(O)cc1)C(=O)O. The van der Waals surface area contributed by atoms with Gasteiger partial charge in [0.2, 0.25) is 17.7 Å². The number of aromatic amines is 2. The number of likely N-dealkylation sites (tertiary alicyclic amines) is 1. The minimum atomic E-state index is -1.25. The maximum atomic E-state index is 14.3. The fourth-order valence-electron chi connectivity index (χ4n) is 6.47. The number of phenols is 1. The minimum Gasteiger partial charge on any atom is -0.508 e. The van der Waals surface area contributed by atoms with Gasteiger partial charge in [-0.25, -0.2) is 4.79 Å². The van der Waals surface area contributed by atoms with E-state index in [4.69, 9.17) is 5.73 Å². The van der Waals surface area contributed by atoms with E-state index >= 15 is 0 Å². The molecule has 4 unspecified atom stereocenters. The number of nitrogens with one attached hydrogen (secondary N) is 4. The average Bonchev–Trinajstić information content (AvgIpc) is 3.84. The molecule has 48 heavy (non-hydrogen) atoms. The van der Waals surface area contributed by atoms with Gasteiger partial charge in [-0.1, -0.05) is 48.5 Å². The predicted molar refractivity (Wildman–Crippen MR) is 180 cm³/mol. The zero-order chi connectivity index (χ0) is 33.8. The number of aromatic hydroxyl groups is 1. The van der Waals surface area contributed by atoms with Crippen LogP contribution in [0.2, 0.25) is 0 Å². The lowest BCUT2D eigenvalue weighted by Gasteiger charge is -2.30. The van der Waals surface area contributed by atoms with E-state index in [0.29, 0.717) is 18.4 Å². The molecule has 12 heteroatoms. The highest BCUT2D eigenvalue weighted by molar-refractivity contribution is 5.95. The molecule has 3 heterocycles. The number of nitrogens with two attached hydrogens (primary N) is 1. The summed E-state index contributed by atoms with van der Waals surface area (Å²) in [6.45, 7) is 0.272. The fourth-order valence-corrected chi connectivity index (χ4v) is 6.47. The van der Waals surface area contributed by atoms with E-state index in [1.54, 1.807) is 18.3 Å². The summed E-state index contributed by atoms with van der Waals surface area (Å²) in [5, 5.41) is 26.8. The highest BCUT2D eigenvalue weighted by Gasteiger charge is 2.39. The molecule has 0 aliphatic carbocycles. The van der Waals surface area contributed by atoms with Crippen LogP contribution in [-0.2, 0) is 38.4 Å². The Morgan fingerprint density at radius 1 is 0.812 bits per heavy atom. The number of carbonyl (C=O) groups excluding carboxylic acids is 3. The summed E-state index contributed by atoms with van der Waals surface area (Å²) in [4.78, 5) is 61.3. The third-order valence-electron chi connectivity index (χ3n) is 8.99. The van der Waals surface area contributed by atoms with Gasteiger partial charge in [-0.15, -0.1) is 0 Å². The summed E-state index contributed by atoms with van der Waals surface area (Å²) in [7, 11) is 0. The van der Waals surface area contributed by atoms with E-state index in [0.717, 1.165) is 32.9 Å². The highest BCUT2D eigenvalue weighted by Crippen LogP contribution is 2.24. The molecule has 3 amide bonds. The van der Waals surface area contributed by atoms with Crippen molar-refractivity contribution in [3.63, 3.8) is 0 Å². The van der Waals surface area contributed by atoms with Crippen molar-refractivity contribution >= 4 is 45.5 Å². The number of hydrogen-bond donors (Lipinski definition) is 7. The lowest BCUT2D eigenvalue weighted by atomic mass is 10.0. The molecule has 2 aromatic heterocycles. The number of benzene rings is 3. The van der Waals surface area contributed by atoms with Crippen LogP contribution in [0.5, 0.6) is 5.75 Å². The first-order valence-electron chi connectivity index (χ1n) is 16.0. The number of aliphatic carboxylic acids is 1. The second-order valence-electron chi connectivity index (χ2n) is 12.3. The maximum absolute atomic E-state index is 14.3. The number of amides is 3. The third kappa shape index (κ3) is 7.03. The fraction of sp³-hybridized carbons (Fsp3) is 0.278. The predicted octanol–water partition coefficient (Wildman–Crippen LogP) is 2.76. The van der Waals surface area contributed by atoms with Gasteiger partial charge in [0, 0.05) is 53.6 Å². The largest absolute Gasteiger partial charge is 0.508 e. The van der Waals surface area contributed by atoms with E-state index in [1.807, 2.05) is 54.7 Å². The highest BCUT2D eigenvalue weighted by atomic mass is 16.4. The molecule has 1 aliphatic heterocycles. The van der Waals surface area contributed by atoms with E-state index in [2.05, 4.69) is 20.6 Å². The van der Waals surface area contributed by atoms with Crippen molar-refractivity contribution in [2.75, 3.05) is 6.54 Å². The number of carbonyl (C=O) groups is 4. The standard InChI is InChI=1S/C36H38N6O6/c37-27(17-22-19-38-28-8-3-1-6-25(22)28)33(44)40-30(18-23-20-39-29-9-4-2-7-26(23)29)35(46)42-15-5-10-32(42)34(45)41-31(36(47)48)16-21-11-13-24(43)14-12-21/h1-4,6-9,11-14,19-20,27,30-32,38-39,43H,5,10,15-18,37H2,(H,40,44)(H,41,45)(H,47,48). The van der Waals surface area contributed by atoms with E-state index in [1.165, 1.54) is 17.0 Å². The molecule has 8 N–H and O–H groups in total. The number of fused-ring (bicyclic) bond motifs is 2. The molecule has 0 saturated carbocycles. The number of carboxylic acid groups (broad SMARTS) is 1. The molecular formula is C36H38N6O6. The van der Waals surface area contributed by atoms with Crippen molar-refractivity contribution in [1.29, 1.82) is 0 Å². The van der Waals surface area contributed by atoms with Crippen LogP contribution in [0.4, 0.5) is 0 Å². The van der Waals surface area contributed by atoms with Crippen LogP contribution in [-0.4, -0.2) is 79.5 Å². The lowest BCUT2D eigenvalue weighted by Crippen LogP contribution is -2.57. The van der Waals surface area contributed by atoms with Crippen LogP contribution < -0.4 is 16.4 Å². The van der Waals surface area contributed by atoms with Gasteiger partial charge in [0.05, 0.1) is 6.04 Å². The van der Waals surface area contributed by atoms with E-state index in [-0.39, 0.29) is 31.6 Å². The molecule has 1 aliphatic rings. The minimum absolute atomic E-state index is 0.00438. The van der Waals surface area contributed by atoms with Crippen molar-refractivity contribution in [3.05, 3.63) is 102 Å². The Labute approximate surface area is 276 Å². The number of H-pyrrole nitrogens is 2. The Balaban J connectivity index is 1.20. The van der Waals surface area contributed by atoms with Crippen LogP contribution >= 0.6 is 0 Å². The second-order valence-corrected chi connectivity index (χ2v) is 12.3. The van der Waals surface area contributed by atoms with Crippen molar-refractivity contribution < 1.29 is 29.4 Å². The Kier molecular flexibility index (Phi) is 9.44. The van der Waals surface area contributed by atoms with Gasteiger partial charge in [-0.3, -0.25) is 14.4 Å². The molecule has 0 radical (unpaired) electrons. The Morgan fingerprint density at radius 2 is 1.42 bits per heavy atom. The number of hydrogen-bond acceptors (Lipinski definition) is 6. The summed E-state index contributed by atoms with van der Waals surface area (Å²) in [6.07, 6.45) is 4.90. The molecule has 1 saturated heterocycles. The third-order valence-corrected chi connectivity index (χ3v) is 8.99. The molecule has 5 aromatic rings. The van der Waals surface area contributed by atoms with Gasteiger partial charge >= 0.3 is 5.97 Å². The number of para-hydroxylation sites is 2. The second kappa shape index (κ2) is 14.0. The maximum Gasteiger partial charge on any atom is 0.326 e. The van der Waals surface area contributed by atoms with Crippen LogP contribution in [0.25, 0.3) is 21.8 Å². The summed E-state index contributed by atoms with van der Waals surface area (Å²) in [6, 6.07) is 17.3. The van der Waals surface area contributed by atoms with Crippen LogP contribution in [0.3, 0.4) is 0 Å². The summed E-state index contributed by atoms with van der Waals surface area (Å²) in [5.41, 5.74) is 10.5. The summed E-state index contributed by atoms with van der Waals surface area (Å²) < 4.78 is 0. The van der Waals surface area contributed by atoms with Gasteiger partial charge in [0.1, 0.15) is 23.9 Å². The van der Waals surface area contributed by atoms with E-state index in [9.17, 15) is 29.4 Å². The van der Waals surface area contributed by atoms with Gasteiger partial charge in [-0.05, 0) is 60.2 Å². The Bertz CT molecular complexity index is 1950. The summed E-state index contributed by atoms with van der Waals surface area (Å²) >= 11 is 0. The van der Waals surface area contributed by atoms with Crippen molar-refractivity contribution in [2.45, 2.75) is 56.3 Å². The van der Waals surface area contributed by atoms with Crippen molar-refractivity contribution in [3.8, 4) is 5.75 Å².